The summed E-state index contributed by atoms with van der Waals surface area (Å²) in [6, 6.07) is 8.98. The molecule has 0 aromatic heterocycles. The number of nitrogens with two attached hydrogens (primary N) is 1. The average Bonchev–Trinajstić information content (AvgIpc) is 2.42. The molecule has 0 bridgehead atoms. The highest BCUT2D eigenvalue weighted by atomic mass is 35.5. The zero-order valence-electron chi connectivity index (χ0n) is 12.9. The zero-order valence-corrected chi connectivity index (χ0v) is 13.6. The van der Waals surface area contributed by atoms with Crippen molar-refractivity contribution >= 4 is 17.3 Å². The number of benzene rings is 2. The van der Waals surface area contributed by atoms with Crippen LogP contribution < -0.4 is 5.73 Å². The van der Waals surface area contributed by atoms with E-state index in [1.54, 1.807) is 0 Å². The lowest BCUT2D eigenvalue weighted by Gasteiger charge is -2.18. The van der Waals surface area contributed by atoms with Gasteiger partial charge in [0.2, 0.25) is 0 Å². The van der Waals surface area contributed by atoms with E-state index in [2.05, 4.69) is 39.8 Å². The Kier molecular flexibility index (Phi) is 4.58. The van der Waals surface area contributed by atoms with Gasteiger partial charge in [0.1, 0.15) is 5.82 Å². The van der Waals surface area contributed by atoms with E-state index < -0.39 is 0 Å². The lowest BCUT2D eigenvalue weighted by molar-refractivity contribution is 0.628. The van der Waals surface area contributed by atoms with Crippen LogP contribution in [0.15, 0.2) is 30.3 Å². The van der Waals surface area contributed by atoms with Crippen LogP contribution in [0.25, 0.3) is 11.1 Å². The van der Waals surface area contributed by atoms with E-state index in [9.17, 15) is 4.39 Å². The van der Waals surface area contributed by atoms with E-state index in [0.29, 0.717) is 23.1 Å². The zero-order chi connectivity index (χ0) is 15.7. The summed E-state index contributed by atoms with van der Waals surface area (Å²) < 4.78 is 13.7. The van der Waals surface area contributed by atoms with Crippen LogP contribution in [-0.4, -0.2) is 0 Å². The van der Waals surface area contributed by atoms with E-state index in [4.69, 9.17) is 17.3 Å². The van der Waals surface area contributed by atoms with Crippen LogP contribution in [-0.2, 0) is 0 Å². The molecule has 2 aromatic carbocycles. The molecule has 0 aliphatic heterocycles. The minimum Gasteiger partial charge on any atom is -0.397 e. The maximum absolute atomic E-state index is 13.7. The van der Waals surface area contributed by atoms with Crippen LogP contribution in [0.3, 0.4) is 0 Å². The number of rotatable bonds is 3. The fourth-order valence-electron chi connectivity index (χ4n) is 2.47. The van der Waals surface area contributed by atoms with Crippen molar-refractivity contribution in [2.24, 2.45) is 0 Å². The fourth-order valence-corrected chi connectivity index (χ4v) is 2.68. The Labute approximate surface area is 130 Å². The van der Waals surface area contributed by atoms with Crippen molar-refractivity contribution in [2.45, 2.75) is 39.5 Å². The van der Waals surface area contributed by atoms with Gasteiger partial charge in [0, 0.05) is 5.56 Å². The number of hydrogen-bond acceptors (Lipinski definition) is 1. The molecule has 0 aliphatic rings. The molecule has 21 heavy (non-hydrogen) atoms. The first-order chi connectivity index (χ1) is 9.81. The molecule has 0 aliphatic carbocycles. The second-order valence-corrected chi connectivity index (χ2v) is 6.41. The summed E-state index contributed by atoms with van der Waals surface area (Å²) in [6.45, 7) is 8.57. The first-order valence-corrected chi connectivity index (χ1v) is 7.57. The second kappa shape index (κ2) is 6.07. The Morgan fingerprint density at radius 1 is 0.952 bits per heavy atom. The second-order valence-electron chi connectivity index (χ2n) is 6.00. The van der Waals surface area contributed by atoms with Gasteiger partial charge in [-0.1, -0.05) is 57.5 Å². The van der Waals surface area contributed by atoms with Crippen LogP contribution in [0.1, 0.15) is 50.7 Å². The third-order valence-electron chi connectivity index (χ3n) is 3.75. The van der Waals surface area contributed by atoms with Crippen LogP contribution in [0.5, 0.6) is 0 Å². The predicted octanol–water partition coefficient (Wildman–Crippen LogP) is 5.98. The molecule has 0 amide bonds. The smallest absolute Gasteiger partial charge is 0.125 e. The fraction of sp³-hybridized carbons (Fsp3) is 0.333. The van der Waals surface area contributed by atoms with Crippen molar-refractivity contribution in [3.05, 3.63) is 52.3 Å². The monoisotopic (exact) mass is 305 g/mol. The molecule has 0 radical (unpaired) electrons. The highest BCUT2D eigenvalue weighted by molar-refractivity contribution is 6.33. The van der Waals surface area contributed by atoms with Crippen molar-refractivity contribution in [1.29, 1.82) is 0 Å². The highest BCUT2D eigenvalue weighted by Crippen LogP contribution is 2.38. The van der Waals surface area contributed by atoms with Gasteiger partial charge in [0.05, 0.1) is 10.7 Å². The molecule has 0 unspecified atom stereocenters. The summed E-state index contributed by atoms with van der Waals surface area (Å²) in [6.07, 6.45) is 0. The van der Waals surface area contributed by atoms with Gasteiger partial charge >= 0.3 is 0 Å². The highest BCUT2D eigenvalue weighted by Gasteiger charge is 2.15. The molecule has 112 valence electrons. The van der Waals surface area contributed by atoms with Gasteiger partial charge in [0.15, 0.2) is 0 Å². The number of hydrogen-bond donors (Lipinski definition) is 1. The quantitative estimate of drug-likeness (QED) is 0.694. The minimum absolute atomic E-state index is 0.257. The van der Waals surface area contributed by atoms with Crippen LogP contribution in [0.4, 0.5) is 10.1 Å². The molecule has 0 saturated heterocycles. The maximum atomic E-state index is 13.7. The third kappa shape index (κ3) is 3.21. The maximum Gasteiger partial charge on any atom is 0.125 e. The van der Waals surface area contributed by atoms with Gasteiger partial charge in [-0.25, -0.2) is 4.39 Å². The molecule has 2 aromatic rings. The van der Waals surface area contributed by atoms with E-state index in [1.165, 1.54) is 17.7 Å². The summed E-state index contributed by atoms with van der Waals surface area (Å²) in [5.74, 6) is 0.400. The van der Waals surface area contributed by atoms with Gasteiger partial charge in [-0.15, -0.1) is 0 Å². The Balaban J connectivity index is 2.69. The van der Waals surface area contributed by atoms with Gasteiger partial charge < -0.3 is 5.73 Å². The molecule has 0 heterocycles. The van der Waals surface area contributed by atoms with Crippen molar-refractivity contribution in [3.63, 3.8) is 0 Å². The predicted molar refractivity (Wildman–Crippen MR) is 89.4 cm³/mol. The summed E-state index contributed by atoms with van der Waals surface area (Å²) in [5, 5.41) is 0.257. The lowest BCUT2D eigenvalue weighted by atomic mass is 9.88. The van der Waals surface area contributed by atoms with Crippen LogP contribution in [0.2, 0.25) is 5.02 Å². The van der Waals surface area contributed by atoms with Crippen LogP contribution >= 0.6 is 11.6 Å². The van der Waals surface area contributed by atoms with Gasteiger partial charge in [-0.2, -0.15) is 0 Å². The van der Waals surface area contributed by atoms with Crippen molar-refractivity contribution in [1.82, 2.24) is 0 Å². The van der Waals surface area contributed by atoms with E-state index in [-0.39, 0.29) is 10.8 Å². The number of anilines is 1. The van der Waals surface area contributed by atoms with Crippen molar-refractivity contribution < 1.29 is 4.39 Å². The van der Waals surface area contributed by atoms with Crippen molar-refractivity contribution in [3.8, 4) is 11.1 Å². The van der Waals surface area contributed by atoms with E-state index >= 15 is 0 Å². The van der Waals surface area contributed by atoms with Crippen molar-refractivity contribution in [2.75, 3.05) is 5.73 Å². The molecule has 2 rings (SSSR count). The summed E-state index contributed by atoms with van der Waals surface area (Å²) >= 11 is 6.02. The Morgan fingerprint density at radius 2 is 1.62 bits per heavy atom. The average molecular weight is 306 g/mol. The molecular formula is C18H21ClFN. The summed E-state index contributed by atoms with van der Waals surface area (Å²) in [5.41, 5.74) is 10.5. The van der Waals surface area contributed by atoms with Gasteiger partial charge in [0.25, 0.3) is 0 Å². The molecule has 3 heteroatoms. The molecule has 1 nitrogen and oxygen atoms in total. The first-order valence-electron chi connectivity index (χ1n) is 7.20. The summed E-state index contributed by atoms with van der Waals surface area (Å²) in [4.78, 5) is 0. The molecule has 0 atom stereocenters. The SMILES string of the molecule is CC(C)c1ccc(-c2cc(F)cc(Cl)c2N)c(C(C)C)c1. The molecule has 0 spiro atoms. The lowest BCUT2D eigenvalue weighted by Crippen LogP contribution is -2.00. The standard InChI is InChI=1S/C18H21ClFN/c1-10(2)12-5-6-14(15(7-12)11(3)4)16-8-13(20)9-17(19)18(16)21/h5-11H,21H2,1-4H3. The number of nitrogen functional groups attached to an aromatic ring is 1. The Hall–Kier alpha value is -1.54. The third-order valence-corrected chi connectivity index (χ3v) is 4.06. The normalized spacial score (nSPS) is 11.4. The van der Waals surface area contributed by atoms with E-state index in [0.717, 1.165) is 11.1 Å². The molecule has 0 saturated carbocycles. The van der Waals surface area contributed by atoms with Gasteiger partial charge in [-0.05, 0) is 40.7 Å². The minimum atomic E-state index is -0.369. The van der Waals surface area contributed by atoms with Crippen LogP contribution in [0, 0.1) is 5.82 Å². The van der Waals surface area contributed by atoms with Gasteiger partial charge in [-0.3, -0.25) is 0 Å². The molecule has 2 N–H and O–H groups in total. The largest absolute Gasteiger partial charge is 0.397 e. The van der Waals surface area contributed by atoms with E-state index in [1.807, 2.05) is 6.07 Å². The Morgan fingerprint density at radius 3 is 2.19 bits per heavy atom. The number of halogens is 2. The topological polar surface area (TPSA) is 26.0 Å². The molecule has 0 fully saturated rings. The summed E-state index contributed by atoms with van der Waals surface area (Å²) in [7, 11) is 0. The molecular weight excluding hydrogens is 285 g/mol. The first kappa shape index (κ1) is 15.8. The Bertz CT molecular complexity index is 663.